The molecule has 4 aliphatic rings. The van der Waals surface area contributed by atoms with Gasteiger partial charge in [-0.3, -0.25) is 0 Å². The molecular formula is C34H67NS. The van der Waals surface area contributed by atoms with Crippen LogP contribution in [0, 0.1) is 46.3 Å². The molecule has 0 aromatic carbocycles. The fourth-order valence-electron chi connectivity index (χ4n) is 9.34. The second-order valence-electron chi connectivity index (χ2n) is 12.9. The van der Waals surface area contributed by atoms with Crippen LogP contribution in [-0.2, 0) is 0 Å². The zero-order valence-corrected chi connectivity index (χ0v) is 27.1. The number of unbranched alkanes of at least 4 members (excludes halogenated alkanes) is 3. The predicted molar refractivity (Wildman–Crippen MR) is 168 cm³/mol. The molecule has 8 atom stereocenters. The number of nitrogens with one attached hydrogen (secondary N) is 1. The maximum absolute atomic E-state index is 4.27. The van der Waals surface area contributed by atoms with Gasteiger partial charge in [0.15, 0.2) is 0 Å². The average Bonchev–Trinajstić information content (AvgIpc) is 3.25. The molecule has 0 aromatic rings. The summed E-state index contributed by atoms with van der Waals surface area (Å²) < 4.78 is 0. The zero-order chi connectivity index (χ0) is 27.2. The van der Waals surface area contributed by atoms with Crippen LogP contribution in [0.1, 0.15) is 152 Å². The summed E-state index contributed by atoms with van der Waals surface area (Å²) >= 11 is 4.27. The number of fused-ring (bicyclic) bond motifs is 5. The highest BCUT2D eigenvalue weighted by atomic mass is 32.1. The predicted octanol–water partition coefficient (Wildman–Crippen LogP) is 10.9. The van der Waals surface area contributed by atoms with Crippen LogP contribution < -0.4 is 5.32 Å². The number of hydrogen-bond acceptors (Lipinski definition) is 2. The van der Waals surface area contributed by atoms with Crippen molar-refractivity contribution in [1.29, 1.82) is 0 Å². The fraction of sp³-hybridized carbons (Fsp3) is 0.971. The smallest absolute Gasteiger partial charge is 0.00493 e. The molecule has 0 spiro atoms. The molecule has 0 radical (unpaired) electrons. The van der Waals surface area contributed by atoms with Crippen molar-refractivity contribution in [3.63, 3.8) is 0 Å². The Morgan fingerprint density at radius 2 is 1.47 bits per heavy atom. The molecule has 0 bridgehead atoms. The van der Waals surface area contributed by atoms with Gasteiger partial charge in [-0.1, -0.05) is 99.2 Å². The molecule has 8 unspecified atom stereocenters. The van der Waals surface area contributed by atoms with Crippen LogP contribution >= 0.6 is 12.2 Å². The lowest BCUT2D eigenvalue weighted by Gasteiger charge is -2.61. The average molecular weight is 522 g/mol. The van der Waals surface area contributed by atoms with Gasteiger partial charge in [0.25, 0.3) is 0 Å². The van der Waals surface area contributed by atoms with E-state index in [-0.39, 0.29) is 0 Å². The molecule has 1 N–H and O–H groups in total. The minimum atomic E-state index is 0.659. The summed E-state index contributed by atoms with van der Waals surface area (Å²) in [4.78, 5) is 0. The molecule has 0 amide bonds. The molecule has 2 heteroatoms. The Balaban J connectivity index is 0.000000504. The lowest BCUT2D eigenvalue weighted by Crippen LogP contribution is -2.53. The summed E-state index contributed by atoms with van der Waals surface area (Å²) in [6.45, 7) is 19.5. The van der Waals surface area contributed by atoms with E-state index in [0.717, 1.165) is 35.5 Å². The van der Waals surface area contributed by atoms with E-state index in [1.807, 2.05) is 20.8 Å². The van der Waals surface area contributed by atoms with Crippen molar-refractivity contribution in [2.75, 3.05) is 13.6 Å². The van der Waals surface area contributed by atoms with E-state index in [9.17, 15) is 0 Å². The molecule has 4 aliphatic carbocycles. The lowest BCUT2D eigenvalue weighted by molar-refractivity contribution is -0.114. The van der Waals surface area contributed by atoms with Crippen molar-refractivity contribution in [3.05, 3.63) is 0 Å². The molecule has 36 heavy (non-hydrogen) atoms. The van der Waals surface area contributed by atoms with Crippen LogP contribution in [0.25, 0.3) is 0 Å². The van der Waals surface area contributed by atoms with E-state index in [4.69, 9.17) is 0 Å². The van der Waals surface area contributed by atoms with Crippen molar-refractivity contribution in [2.45, 2.75) is 152 Å². The second-order valence-corrected chi connectivity index (χ2v) is 13.4. The summed E-state index contributed by atoms with van der Waals surface area (Å²) in [6, 6.07) is 0. The van der Waals surface area contributed by atoms with Gasteiger partial charge < -0.3 is 5.32 Å². The Kier molecular flexibility index (Phi) is 16.7. The van der Waals surface area contributed by atoms with E-state index in [1.165, 1.54) is 64.3 Å². The summed E-state index contributed by atoms with van der Waals surface area (Å²) in [5.41, 5.74) is 1.37. The molecule has 0 saturated heterocycles. The van der Waals surface area contributed by atoms with E-state index in [2.05, 4.69) is 59.2 Å². The normalized spacial score (nSPS) is 37.2. The van der Waals surface area contributed by atoms with Gasteiger partial charge in [0.1, 0.15) is 0 Å². The summed E-state index contributed by atoms with van der Waals surface area (Å²) in [7, 11) is 2.11. The third kappa shape index (κ3) is 8.27. The SMILES string of the molecule is CC.CC=S.CCCCCC.CNCCC(C)C1CCC2C3CCC4CCCCC4(C)C3CCC12C. The van der Waals surface area contributed by atoms with Gasteiger partial charge in [0.05, 0.1) is 0 Å². The zero-order valence-electron chi connectivity index (χ0n) is 26.3. The number of rotatable bonds is 7. The molecule has 1 nitrogen and oxygen atoms in total. The van der Waals surface area contributed by atoms with Crippen LogP contribution in [-0.4, -0.2) is 19.0 Å². The first-order chi connectivity index (χ1) is 17.3. The van der Waals surface area contributed by atoms with Gasteiger partial charge >= 0.3 is 0 Å². The quantitative estimate of drug-likeness (QED) is 0.264. The standard InChI is InChI=1S/C24H43N.C6H14.C2H4S.C2H6/c1-17(13-16-25-4)20-10-11-21-19-9-8-18-7-5-6-14-23(18,2)22(19)12-15-24(20,21)3;1-3-5-6-4-2;1-2-3;1-2/h17-22,25H,5-16H2,1-4H3;3-6H2,1-2H3;2H,1H3;1-2H3. The Hall–Kier alpha value is 0.0500. The minimum Gasteiger partial charge on any atom is -0.320 e. The van der Waals surface area contributed by atoms with Crippen molar-refractivity contribution >= 4 is 17.6 Å². The van der Waals surface area contributed by atoms with Crippen LogP contribution in [0.3, 0.4) is 0 Å². The van der Waals surface area contributed by atoms with Gasteiger partial charge in [-0.15, -0.1) is 0 Å². The summed E-state index contributed by atoms with van der Waals surface area (Å²) in [6.07, 6.45) is 22.3. The first-order valence-electron chi connectivity index (χ1n) is 16.4. The van der Waals surface area contributed by atoms with Crippen LogP contribution in [0.5, 0.6) is 0 Å². The second kappa shape index (κ2) is 17.6. The first kappa shape index (κ1) is 34.1. The molecule has 4 rings (SSSR count). The van der Waals surface area contributed by atoms with Gasteiger partial charge in [-0.05, 0) is 130 Å². The molecule has 214 valence electrons. The topological polar surface area (TPSA) is 12.0 Å². The molecule has 0 heterocycles. The Morgan fingerprint density at radius 1 is 0.861 bits per heavy atom. The van der Waals surface area contributed by atoms with Crippen molar-refractivity contribution in [1.82, 2.24) is 5.32 Å². The Morgan fingerprint density at radius 3 is 2.06 bits per heavy atom. The van der Waals surface area contributed by atoms with Gasteiger partial charge in [-0.25, -0.2) is 0 Å². The van der Waals surface area contributed by atoms with Gasteiger partial charge in [0.2, 0.25) is 0 Å². The molecule has 0 aliphatic heterocycles. The third-order valence-electron chi connectivity index (χ3n) is 11.2. The lowest BCUT2D eigenvalue weighted by atomic mass is 9.44. The Bertz CT molecular complexity index is 572. The van der Waals surface area contributed by atoms with E-state index >= 15 is 0 Å². The van der Waals surface area contributed by atoms with E-state index < -0.39 is 0 Å². The van der Waals surface area contributed by atoms with Crippen LogP contribution in [0.4, 0.5) is 0 Å². The van der Waals surface area contributed by atoms with Crippen molar-refractivity contribution in [3.8, 4) is 0 Å². The Labute approximate surface area is 234 Å². The molecular weight excluding hydrogens is 454 g/mol. The number of thiocarbonyl (C=S) groups is 1. The largest absolute Gasteiger partial charge is 0.320 e. The number of hydrogen-bond donors (Lipinski definition) is 1. The maximum Gasteiger partial charge on any atom is -0.00493 e. The minimum absolute atomic E-state index is 0.659. The van der Waals surface area contributed by atoms with Crippen LogP contribution in [0.2, 0.25) is 0 Å². The first-order valence-corrected chi connectivity index (χ1v) is 16.8. The fourth-order valence-corrected chi connectivity index (χ4v) is 9.34. The van der Waals surface area contributed by atoms with Crippen LogP contribution in [0.15, 0.2) is 0 Å². The molecule has 4 fully saturated rings. The summed E-state index contributed by atoms with van der Waals surface area (Å²) in [5.74, 6) is 6.14. The van der Waals surface area contributed by atoms with Gasteiger partial charge in [0, 0.05) is 0 Å². The highest BCUT2D eigenvalue weighted by Gasteiger charge is 2.59. The summed E-state index contributed by atoms with van der Waals surface area (Å²) in [5, 5.41) is 4.97. The highest BCUT2D eigenvalue weighted by molar-refractivity contribution is 7.78. The van der Waals surface area contributed by atoms with E-state index in [0.29, 0.717) is 10.8 Å². The van der Waals surface area contributed by atoms with Crippen molar-refractivity contribution in [2.24, 2.45) is 46.3 Å². The maximum atomic E-state index is 4.27. The monoisotopic (exact) mass is 521 g/mol. The highest BCUT2D eigenvalue weighted by Crippen LogP contribution is 2.68. The van der Waals surface area contributed by atoms with E-state index in [1.54, 1.807) is 43.9 Å². The van der Waals surface area contributed by atoms with Gasteiger partial charge in [-0.2, -0.15) is 0 Å². The third-order valence-corrected chi connectivity index (χ3v) is 11.2. The molecule has 4 saturated carbocycles. The van der Waals surface area contributed by atoms with Crippen molar-refractivity contribution < 1.29 is 0 Å². The molecule has 0 aromatic heterocycles.